The minimum absolute atomic E-state index is 0.261. The van der Waals surface area contributed by atoms with Gasteiger partial charge in [0.05, 0.1) is 5.70 Å². The Labute approximate surface area is 118 Å². The number of ketones is 1. The summed E-state index contributed by atoms with van der Waals surface area (Å²) in [5.41, 5.74) is 4.35. The lowest BCUT2D eigenvalue weighted by Crippen LogP contribution is -2.45. The SMILES string of the molecule is Cc1[nH]c2ccccc2c1/C=C1/C(=O)C2CCN1CC2. The highest BCUT2D eigenvalue weighted by Crippen LogP contribution is 2.34. The van der Waals surface area contributed by atoms with Crippen molar-refractivity contribution in [1.82, 2.24) is 9.88 Å². The van der Waals surface area contributed by atoms with Crippen LogP contribution in [0.15, 0.2) is 30.0 Å². The van der Waals surface area contributed by atoms with E-state index in [4.69, 9.17) is 0 Å². The van der Waals surface area contributed by atoms with Crippen LogP contribution in [0.5, 0.6) is 0 Å². The molecule has 0 radical (unpaired) electrons. The third kappa shape index (κ3) is 1.62. The normalized spacial score (nSPS) is 21.4. The van der Waals surface area contributed by atoms with Gasteiger partial charge in [0.2, 0.25) is 0 Å². The number of carbonyl (C=O) groups is 1. The van der Waals surface area contributed by atoms with Crippen LogP contribution >= 0.6 is 0 Å². The summed E-state index contributed by atoms with van der Waals surface area (Å²) < 4.78 is 0. The maximum atomic E-state index is 12.4. The van der Waals surface area contributed by atoms with Gasteiger partial charge in [-0.05, 0) is 31.9 Å². The lowest BCUT2D eigenvalue weighted by atomic mass is 9.84. The molecule has 0 atom stereocenters. The van der Waals surface area contributed by atoms with Crippen molar-refractivity contribution in [3.05, 3.63) is 41.2 Å². The molecule has 4 heterocycles. The molecule has 0 saturated carbocycles. The van der Waals surface area contributed by atoms with Crippen LogP contribution in [0.1, 0.15) is 24.1 Å². The molecule has 3 nitrogen and oxygen atoms in total. The van der Waals surface area contributed by atoms with Crippen LogP contribution in [0, 0.1) is 12.8 Å². The first-order valence-electron chi connectivity index (χ1n) is 7.32. The van der Waals surface area contributed by atoms with E-state index in [-0.39, 0.29) is 5.92 Å². The molecule has 0 unspecified atom stereocenters. The maximum Gasteiger partial charge on any atom is 0.182 e. The van der Waals surface area contributed by atoms with E-state index in [0.29, 0.717) is 5.78 Å². The van der Waals surface area contributed by atoms with E-state index in [1.165, 1.54) is 5.39 Å². The second kappa shape index (κ2) is 4.23. The standard InChI is InChI=1S/C17H18N2O/c1-11-14(13-4-2-3-5-15(13)18-11)10-16-17(20)12-6-8-19(16)9-7-12/h2-5,10,12,18H,6-9H2,1H3/b16-10-. The molecule has 1 aromatic heterocycles. The van der Waals surface area contributed by atoms with Crippen molar-refractivity contribution in [1.29, 1.82) is 0 Å². The molecule has 102 valence electrons. The summed E-state index contributed by atoms with van der Waals surface area (Å²) in [7, 11) is 0. The van der Waals surface area contributed by atoms with Crippen LogP contribution in [-0.4, -0.2) is 28.8 Å². The molecule has 0 amide bonds. The van der Waals surface area contributed by atoms with Crippen molar-refractivity contribution >= 4 is 22.8 Å². The van der Waals surface area contributed by atoms with Gasteiger partial charge in [0.25, 0.3) is 0 Å². The first kappa shape index (κ1) is 11.8. The topological polar surface area (TPSA) is 36.1 Å². The van der Waals surface area contributed by atoms with Crippen LogP contribution < -0.4 is 0 Å². The Bertz CT molecular complexity index is 718. The number of hydrogen-bond donors (Lipinski definition) is 1. The van der Waals surface area contributed by atoms with E-state index >= 15 is 0 Å². The number of aromatic amines is 1. The summed E-state index contributed by atoms with van der Waals surface area (Å²) in [4.78, 5) is 18.1. The Morgan fingerprint density at radius 1 is 1.25 bits per heavy atom. The number of carbonyl (C=O) groups excluding carboxylic acids is 1. The van der Waals surface area contributed by atoms with Crippen LogP contribution in [0.2, 0.25) is 0 Å². The van der Waals surface area contributed by atoms with Gasteiger partial charge >= 0.3 is 0 Å². The summed E-state index contributed by atoms with van der Waals surface area (Å²) in [5, 5.41) is 1.20. The van der Waals surface area contributed by atoms with Gasteiger partial charge in [-0.1, -0.05) is 18.2 Å². The van der Waals surface area contributed by atoms with E-state index in [9.17, 15) is 4.79 Å². The number of allylic oxidation sites excluding steroid dienone is 1. The van der Waals surface area contributed by atoms with Gasteiger partial charge in [0.1, 0.15) is 0 Å². The highest BCUT2D eigenvalue weighted by Gasteiger charge is 2.36. The Balaban J connectivity index is 1.86. The average molecular weight is 266 g/mol. The zero-order valence-corrected chi connectivity index (χ0v) is 11.6. The summed E-state index contributed by atoms with van der Waals surface area (Å²) in [6.45, 7) is 4.14. The minimum Gasteiger partial charge on any atom is -0.369 e. The third-order valence-corrected chi connectivity index (χ3v) is 4.68. The number of para-hydroxylation sites is 1. The number of aryl methyl sites for hydroxylation is 1. The van der Waals surface area contributed by atoms with Gasteiger partial charge < -0.3 is 9.88 Å². The molecule has 3 fully saturated rings. The van der Waals surface area contributed by atoms with Gasteiger partial charge in [0, 0.05) is 41.2 Å². The molecule has 1 aromatic carbocycles. The first-order chi connectivity index (χ1) is 9.74. The Hall–Kier alpha value is -2.03. The highest BCUT2D eigenvalue weighted by molar-refractivity contribution is 6.04. The van der Waals surface area contributed by atoms with E-state index < -0.39 is 0 Å². The number of fused-ring (bicyclic) bond motifs is 4. The van der Waals surface area contributed by atoms with Crippen molar-refractivity contribution in [2.75, 3.05) is 13.1 Å². The molecule has 3 saturated heterocycles. The highest BCUT2D eigenvalue weighted by atomic mass is 16.1. The van der Waals surface area contributed by atoms with Crippen LogP contribution in [0.4, 0.5) is 0 Å². The largest absolute Gasteiger partial charge is 0.369 e. The zero-order chi connectivity index (χ0) is 13.7. The number of H-pyrrole nitrogens is 1. The quantitative estimate of drug-likeness (QED) is 0.805. The van der Waals surface area contributed by atoms with Crippen molar-refractivity contribution in [3.63, 3.8) is 0 Å². The summed E-state index contributed by atoms with van der Waals surface area (Å²) in [6, 6.07) is 8.28. The minimum atomic E-state index is 0.261. The third-order valence-electron chi connectivity index (χ3n) is 4.68. The fraction of sp³-hybridized carbons (Fsp3) is 0.353. The molecule has 0 spiro atoms. The molecule has 1 N–H and O–H groups in total. The van der Waals surface area contributed by atoms with E-state index in [1.54, 1.807) is 0 Å². The number of nitrogens with one attached hydrogen (secondary N) is 1. The number of nitrogens with zero attached hydrogens (tertiary/aromatic N) is 1. The number of piperidine rings is 3. The Morgan fingerprint density at radius 3 is 2.75 bits per heavy atom. The van der Waals surface area contributed by atoms with Crippen molar-refractivity contribution in [2.24, 2.45) is 5.92 Å². The zero-order valence-electron chi connectivity index (χ0n) is 11.6. The predicted molar refractivity (Wildman–Crippen MR) is 80.3 cm³/mol. The smallest absolute Gasteiger partial charge is 0.182 e. The number of aromatic nitrogens is 1. The molecular formula is C17H18N2O. The number of rotatable bonds is 1. The number of Topliss-reactive ketones (excluding diaryl/α,β-unsaturated/α-hetero) is 1. The molecule has 3 aliphatic rings. The average Bonchev–Trinajstić information content (AvgIpc) is 2.79. The van der Waals surface area contributed by atoms with Crippen molar-refractivity contribution < 1.29 is 4.79 Å². The number of hydrogen-bond acceptors (Lipinski definition) is 2. The van der Waals surface area contributed by atoms with E-state index in [0.717, 1.165) is 48.4 Å². The summed E-state index contributed by atoms with van der Waals surface area (Å²) in [5.74, 6) is 0.601. The lowest BCUT2D eigenvalue weighted by Gasteiger charge is -2.41. The van der Waals surface area contributed by atoms with Gasteiger partial charge in [-0.15, -0.1) is 0 Å². The molecule has 2 bridgehead atoms. The summed E-state index contributed by atoms with van der Waals surface area (Å²) >= 11 is 0. The Morgan fingerprint density at radius 2 is 2.00 bits per heavy atom. The van der Waals surface area contributed by atoms with E-state index in [1.807, 2.05) is 12.1 Å². The molecule has 5 rings (SSSR count). The second-order valence-corrected chi connectivity index (χ2v) is 5.86. The number of benzene rings is 1. The lowest BCUT2D eigenvalue weighted by molar-refractivity contribution is -0.125. The van der Waals surface area contributed by atoms with Crippen molar-refractivity contribution in [2.45, 2.75) is 19.8 Å². The van der Waals surface area contributed by atoms with Crippen LogP contribution in [-0.2, 0) is 4.79 Å². The van der Waals surface area contributed by atoms with Gasteiger partial charge in [-0.3, -0.25) is 4.79 Å². The predicted octanol–water partition coefficient (Wildman–Crippen LogP) is 3.11. The molecule has 20 heavy (non-hydrogen) atoms. The van der Waals surface area contributed by atoms with Crippen molar-refractivity contribution in [3.8, 4) is 0 Å². The molecule has 2 aromatic rings. The second-order valence-electron chi connectivity index (χ2n) is 5.86. The summed E-state index contributed by atoms with van der Waals surface area (Å²) in [6.07, 6.45) is 4.16. The molecular weight excluding hydrogens is 248 g/mol. The van der Waals surface area contributed by atoms with E-state index in [2.05, 4.69) is 35.0 Å². The van der Waals surface area contributed by atoms with Gasteiger partial charge in [-0.25, -0.2) is 0 Å². The Kier molecular flexibility index (Phi) is 2.49. The first-order valence-corrected chi connectivity index (χ1v) is 7.32. The monoisotopic (exact) mass is 266 g/mol. The maximum absolute atomic E-state index is 12.4. The fourth-order valence-corrected chi connectivity index (χ4v) is 3.53. The van der Waals surface area contributed by atoms with Crippen LogP contribution in [0.3, 0.4) is 0 Å². The van der Waals surface area contributed by atoms with Crippen LogP contribution in [0.25, 0.3) is 17.0 Å². The fourth-order valence-electron chi connectivity index (χ4n) is 3.53. The molecule has 0 aliphatic carbocycles. The molecule has 3 aliphatic heterocycles. The van der Waals surface area contributed by atoms with Gasteiger partial charge in [0.15, 0.2) is 5.78 Å². The van der Waals surface area contributed by atoms with Gasteiger partial charge in [-0.2, -0.15) is 0 Å². The molecule has 3 heteroatoms.